The van der Waals surface area contributed by atoms with Crippen molar-refractivity contribution < 1.29 is 4.79 Å². The van der Waals surface area contributed by atoms with Crippen molar-refractivity contribution in [3.63, 3.8) is 0 Å². The van der Waals surface area contributed by atoms with Crippen LogP contribution in [0.5, 0.6) is 0 Å². The van der Waals surface area contributed by atoms with Gasteiger partial charge in [-0.2, -0.15) is 0 Å². The third kappa shape index (κ3) is 4.88. The van der Waals surface area contributed by atoms with Gasteiger partial charge in [-0.3, -0.25) is 4.79 Å². The molecule has 18 heavy (non-hydrogen) atoms. The van der Waals surface area contributed by atoms with Crippen LogP contribution in [0.15, 0.2) is 24.3 Å². The lowest BCUT2D eigenvalue weighted by molar-refractivity contribution is -0.121. The summed E-state index contributed by atoms with van der Waals surface area (Å²) in [5, 5.41) is 2.90. The lowest BCUT2D eigenvalue weighted by Gasteiger charge is -2.19. The van der Waals surface area contributed by atoms with E-state index in [1.807, 2.05) is 0 Å². The number of hydrogen-bond acceptors (Lipinski definition) is 2. The van der Waals surface area contributed by atoms with Gasteiger partial charge in [-0.25, -0.2) is 0 Å². The molecule has 0 fully saturated rings. The van der Waals surface area contributed by atoms with E-state index in [2.05, 4.69) is 50.4 Å². The molecule has 100 valence electrons. The Labute approximate surface area is 110 Å². The van der Waals surface area contributed by atoms with Crippen LogP contribution in [0.4, 0.5) is 0 Å². The fourth-order valence-electron chi connectivity index (χ4n) is 1.67. The van der Waals surface area contributed by atoms with Crippen molar-refractivity contribution in [2.45, 2.75) is 45.6 Å². The summed E-state index contributed by atoms with van der Waals surface area (Å²) in [5.41, 5.74) is 7.97. The van der Waals surface area contributed by atoms with Gasteiger partial charge in [0.2, 0.25) is 5.91 Å². The van der Waals surface area contributed by atoms with Crippen LogP contribution in [0.2, 0.25) is 0 Å². The Morgan fingerprint density at radius 1 is 1.22 bits per heavy atom. The molecule has 1 rings (SSSR count). The second-order valence-electron chi connectivity index (χ2n) is 5.62. The maximum Gasteiger partial charge on any atom is 0.220 e. The summed E-state index contributed by atoms with van der Waals surface area (Å²) in [6.07, 6.45) is 1.26. The topological polar surface area (TPSA) is 55.1 Å². The number of carbonyl (C=O) groups excluding carboxylic acids is 1. The SMILES string of the molecule is CC(C)(C)c1ccc(CNC(=O)CCCN)cc1. The number of rotatable bonds is 5. The van der Waals surface area contributed by atoms with Crippen molar-refractivity contribution in [2.75, 3.05) is 6.54 Å². The number of nitrogens with two attached hydrogens (primary N) is 1. The molecule has 3 N–H and O–H groups in total. The van der Waals surface area contributed by atoms with Gasteiger partial charge in [0.15, 0.2) is 0 Å². The zero-order valence-corrected chi connectivity index (χ0v) is 11.6. The molecule has 3 heteroatoms. The predicted octanol–water partition coefficient (Wildman–Crippen LogP) is 2.34. The summed E-state index contributed by atoms with van der Waals surface area (Å²) < 4.78 is 0. The van der Waals surface area contributed by atoms with E-state index in [0.29, 0.717) is 19.5 Å². The zero-order valence-electron chi connectivity index (χ0n) is 11.6. The Morgan fingerprint density at radius 2 is 1.83 bits per heavy atom. The molecule has 0 unspecified atom stereocenters. The van der Waals surface area contributed by atoms with Gasteiger partial charge in [0.25, 0.3) is 0 Å². The Balaban J connectivity index is 2.47. The van der Waals surface area contributed by atoms with E-state index < -0.39 is 0 Å². The quantitative estimate of drug-likeness (QED) is 0.840. The van der Waals surface area contributed by atoms with Gasteiger partial charge in [0.05, 0.1) is 0 Å². The molecule has 0 aromatic heterocycles. The number of carbonyl (C=O) groups is 1. The smallest absolute Gasteiger partial charge is 0.220 e. The van der Waals surface area contributed by atoms with E-state index >= 15 is 0 Å². The predicted molar refractivity (Wildman–Crippen MR) is 75.3 cm³/mol. The lowest BCUT2D eigenvalue weighted by Crippen LogP contribution is -2.23. The first-order chi connectivity index (χ1) is 8.43. The molecule has 1 amide bonds. The van der Waals surface area contributed by atoms with Crippen LogP contribution in [0.25, 0.3) is 0 Å². The summed E-state index contributed by atoms with van der Waals surface area (Å²) in [6.45, 7) is 7.73. The van der Waals surface area contributed by atoms with Crippen molar-refractivity contribution in [1.29, 1.82) is 0 Å². The highest BCUT2D eigenvalue weighted by Crippen LogP contribution is 2.22. The average Bonchev–Trinajstić information content (AvgIpc) is 2.33. The van der Waals surface area contributed by atoms with Gasteiger partial charge >= 0.3 is 0 Å². The normalized spacial score (nSPS) is 11.3. The molecule has 3 nitrogen and oxygen atoms in total. The summed E-state index contributed by atoms with van der Waals surface area (Å²) in [4.78, 5) is 11.4. The summed E-state index contributed by atoms with van der Waals surface area (Å²) in [5.74, 6) is 0.0698. The van der Waals surface area contributed by atoms with Crippen molar-refractivity contribution in [3.05, 3.63) is 35.4 Å². The summed E-state index contributed by atoms with van der Waals surface area (Å²) in [7, 11) is 0. The van der Waals surface area contributed by atoms with E-state index in [4.69, 9.17) is 5.73 Å². The Kier molecular flexibility index (Phi) is 5.35. The van der Waals surface area contributed by atoms with E-state index in [-0.39, 0.29) is 11.3 Å². The molecular weight excluding hydrogens is 224 g/mol. The van der Waals surface area contributed by atoms with Gasteiger partial charge in [0, 0.05) is 13.0 Å². The lowest BCUT2D eigenvalue weighted by atomic mass is 9.87. The third-order valence-corrected chi connectivity index (χ3v) is 2.92. The second-order valence-corrected chi connectivity index (χ2v) is 5.62. The molecule has 0 aliphatic carbocycles. The molecule has 0 aliphatic heterocycles. The Hall–Kier alpha value is -1.35. The maximum absolute atomic E-state index is 11.4. The first-order valence-corrected chi connectivity index (χ1v) is 6.49. The van der Waals surface area contributed by atoms with E-state index in [1.165, 1.54) is 5.56 Å². The van der Waals surface area contributed by atoms with Crippen LogP contribution in [0.3, 0.4) is 0 Å². The van der Waals surface area contributed by atoms with Crippen LogP contribution in [0, 0.1) is 0 Å². The zero-order chi connectivity index (χ0) is 13.6. The van der Waals surface area contributed by atoms with Crippen molar-refractivity contribution >= 4 is 5.91 Å². The molecule has 0 heterocycles. The largest absolute Gasteiger partial charge is 0.352 e. The molecular formula is C15H24N2O. The standard InChI is InChI=1S/C15H24N2O/c1-15(2,3)13-8-6-12(7-9-13)11-17-14(18)5-4-10-16/h6-9H,4-5,10-11,16H2,1-3H3,(H,17,18). The number of nitrogens with one attached hydrogen (secondary N) is 1. The van der Waals surface area contributed by atoms with Crippen LogP contribution in [-0.4, -0.2) is 12.5 Å². The monoisotopic (exact) mass is 248 g/mol. The highest BCUT2D eigenvalue weighted by atomic mass is 16.1. The van der Waals surface area contributed by atoms with E-state index in [1.54, 1.807) is 0 Å². The summed E-state index contributed by atoms with van der Waals surface area (Å²) in [6, 6.07) is 8.40. The second kappa shape index (κ2) is 6.55. The van der Waals surface area contributed by atoms with E-state index in [0.717, 1.165) is 12.0 Å². The number of hydrogen-bond donors (Lipinski definition) is 2. The van der Waals surface area contributed by atoms with Crippen LogP contribution < -0.4 is 11.1 Å². The highest BCUT2D eigenvalue weighted by Gasteiger charge is 2.12. The maximum atomic E-state index is 11.4. The minimum atomic E-state index is 0.0698. The first kappa shape index (κ1) is 14.7. The first-order valence-electron chi connectivity index (χ1n) is 6.49. The molecule has 0 radical (unpaired) electrons. The van der Waals surface area contributed by atoms with Gasteiger partial charge in [-0.1, -0.05) is 45.0 Å². The number of amides is 1. The minimum absolute atomic E-state index is 0.0698. The van der Waals surface area contributed by atoms with Gasteiger partial charge in [0.1, 0.15) is 0 Å². The third-order valence-electron chi connectivity index (χ3n) is 2.92. The van der Waals surface area contributed by atoms with Crippen molar-refractivity contribution in [3.8, 4) is 0 Å². The number of benzene rings is 1. The van der Waals surface area contributed by atoms with Crippen molar-refractivity contribution in [2.24, 2.45) is 5.73 Å². The molecule has 0 atom stereocenters. The van der Waals surface area contributed by atoms with Crippen LogP contribution in [-0.2, 0) is 16.8 Å². The molecule has 0 aliphatic rings. The molecule has 1 aromatic carbocycles. The fraction of sp³-hybridized carbons (Fsp3) is 0.533. The van der Waals surface area contributed by atoms with Crippen LogP contribution >= 0.6 is 0 Å². The molecule has 0 bridgehead atoms. The van der Waals surface area contributed by atoms with Gasteiger partial charge in [-0.15, -0.1) is 0 Å². The average molecular weight is 248 g/mol. The molecule has 0 spiro atoms. The van der Waals surface area contributed by atoms with Crippen LogP contribution in [0.1, 0.15) is 44.7 Å². The highest BCUT2D eigenvalue weighted by molar-refractivity contribution is 5.75. The Bertz CT molecular complexity index is 376. The molecule has 0 saturated carbocycles. The molecule has 1 aromatic rings. The minimum Gasteiger partial charge on any atom is -0.352 e. The van der Waals surface area contributed by atoms with Crippen molar-refractivity contribution in [1.82, 2.24) is 5.32 Å². The molecule has 0 saturated heterocycles. The summed E-state index contributed by atoms with van der Waals surface area (Å²) >= 11 is 0. The Morgan fingerprint density at radius 3 is 2.33 bits per heavy atom. The van der Waals surface area contributed by atoms with Gasteiger partial charge < -0.3 is 11.1 Å². The fourth-order valence-corrected chi connectivity index (χ4v) is 1.67. The van der Waals surface area contributed by atoms with Gasteiger partial charge in [-0.05, 0) is 29.5 Å². The van der Waals surface area contributed by atoms with E-state index in [9.17, 15) is 4.79 Å².